The number of benzene rings is 1. The molecule has 0 aromatic heterocycles. The number of sulfone groups is 1. The number of halogens is 1. The van der Waals surface area contributed by atoms with Gasteiger partial charge in [-0.2, -0.15) is 0 Å². The highest BCUT2D eigenvalue weighted by Gasteiger charge is 2.40. The Morgan fingerprint density at radius 3 is 2.45 bits per heavy atom. The molecule has 1 aromatic carbocycles. The Morgan fingerprint density at radius 1 is 1.14 bits per heavy atom. The smallest absolute Gasteiger partial charge is 0.269 e. The second kappa shape index (κ2) is 9.15. The van der Waals surface area contributed by atoms with Crippen LogP contribution in [0.2, 0.25) is 0 Å². The van der Waals surface area contributed by atoms with Crippen LogP contribution in [0.1, 0.15) is 37.7 Å². The average Bonchev–Trinajstić information content (AvgIpc) is 3.35. The van der Waals surface area contributed by atoms with Crippen molar-refractivity contribution in [3.8, 4) is 0 Å². The molecule has 3 fully saturated rings. The van der Waals surface area contributed by atoms with E-state index < -0.39 is 14.8 Å². The largest absolute Gasteiger partial charge is 0.353 e. The Morgan fingerprint density at radius 2 is 1.90 bits per heavy atom. The molecule has 4 unspecified atom stereocenters. The van der Waals surface area contributed by atoms with Crippen molar-refractivity contribution < 1.29 is 13.3 Å². The quantitative estimate of drug-likeness (QED) is 0.198. The molecule has 2 saturated carbocycles. The molecule has 29 heavy (non-hydrogen) atoms. The predicted molar refractivity (Wildman–Crippen MR) is 122 cm³/mol. The van der Waals surface area contributed by atoms with Crippen molar-refractivity contribution in [1.82, 2.24) is 10.6 Å². The molecule has 3 aliphatic rings. The van der Waals surface area contributed by atoms with Crippen LogP contribution < -0.4 is 10.6 Å². The van der Waals surface area contributed by atoms with Crippen molar-refractivity contribution in [3.63, 3.8) is 0 Å². The molecule has 8 nitrogen and oxygen atoms in total. The Balaban J connectivity index is 0.00000240. The zero-order valence-electron chi connectivity index (χ0n) is 16.1. The average molecular weight is 534 g/mol. The Kier molecular flexibility index (Phi) is 7.02. The zero-order chi connectivity index (χ0) is 19.7. The molecule has 0 spiro atoms. The topological polar surface area (TPSA) is 114 Å². The summed E-state index contributed by atoms with van der Waals surface area (Å²) in [5, 5.41) is 17.6. The summed E-state index contributed by atoms with van der Waals surface area (Å²) in [6.07, 6.45) is 5.57. The fourth-order valence-corrected chi connectivity index (χ4v) is 6.40. The van der Waals surface area contributed by atoms with E-state index in [9.17, 15) is 18.5 Å². The minimum atomic E-state index is -2.97. The molecular weight excluding hydrogens is 507 g/mol. The highest BCUT2D eigenvalue weighted by molar-refractivity contribution is 14.0. The summed E-state index contributed by atoms with van der Waals surface area (Å²) in [6, 6.07) is 6.63. The summed E-state index contributed by atoms with van der Waals surface area (Å²) in [5.41, 5.74) is 0.932. The SMILES string of the molecule is I.O=[N+]([O-])c1ccc(CN=C(NC2CCS(=O)(=O)C2)NC2CC3CCC2C3)cc1. The van der Waals surface area contributed by atoms with Gasteiger partial charge in [0.25, 0.3) is 5.69 Å². The van der Waals surface area contributed by atoms with Gasteiger partial charge in [0.1, 0.15) is 0 Å². The van der Waals surface area contributed by atoms with E-state index in [1.54, 1.807) is 12.1 Å². The second-order valence-electron chi connectivity index (χ2n) is 8.26. The van der Waals surface area contributed by atoms with E-state index >= 15 is 0 Å². The molecule has 0 radical (unpaired) electrons. The molecule has 4 rings (SSSR count). The fourth-order valence-electron chi connectivity index (χ4n) is 4.73. The number of hydrogen-bond acceptors (Lipinski definition) is 5. The van der Waals surface area contributed by atoms with Crippen LogP contribution in [0.15, 0.2) is 29.3 Å². The summed E-state index contributed by atoms with van der Waals surface area (Å²) in [5.74, 6) is 2.48. The van der Waals surface area contributed by atoms with Gasteiger partial charge in [0, 0.05) is 24.2 Å². The molecule has 4 atom stereocenters. The van der Waals surface area contributed by atoms with Crippen LogP contribution in [0.25, 0.3) is 0 Å². The van der Waals surface area contributed by atoms with Crippen molar-refractivity contribution in [1.29, 1.82) is 0 Å². The highest BCUT2D eigenvalue weighted by Crippen LogP contribution is 2.44. The maximum atomic E-state index is 11.8. The summed E-state index contributed by atoms with van der Waals surface area (Å²) < 4.78 is 23.6. The first kappa shape index (κ1) is 22.3. The number of hydrogen-bond donors (Lipinski definition) is 2. The summed E-state index contributed by atoms with van der Waals surface area (Å²) in [7, 11) is -2.97. The lowest BCUT2D eigenvalue weighted by atomic mass is 9.95. The molecule has 2 aliphatic carbocycles. The highest BCUT2D eigenvalue weighted by atomic mass is 127. The van der Waals surface area contributed by atoms with Gasteiger partial charge in [-0.15, -0.1) is 24.0 Å². The molecule has 1 aliphatic heterocycles. The third-order valence-electron chi connectivity index (χ3n) is 6.20. The van der Waals surface area contributed by atoms with Gasteiger partial charge in [0.2, 0.25) is 0 Å². The standard InChI is InChI=1S/C19H26N4O4S.HI/c24-23(25)17-5-2-13(3-6-17)11-20-19(21-16-7-8-28(26,27)12-16)22-18-10-14-1-4-15(18)9-14;/h2-3,5-6,14-16,18H,1,4,7-12H2,(H2,20,21,22);1H. The first-order valence-electron chi connectivity index (χ1n) is 9.89. The van der Waals surface area contributed by atoms with Crippen molar-refractivity contribution in [3.05, 3.63) is 39.9 Å². The number of nitro benzene ring substituents is 1. The molecular formula is C19H27IN4O4S. The Bertz CT molecular complexity index is 875. The minimum absolute atomic E-state index is 0. The number of rotatable bonds is 5. The molecule has 1 heterocycles. The van der Waals surface area contributed by atoms with Crippen LogP contribution in [0, 0.1) is 22.0 Å². The van der Waals surface area contributed by atoms with E-state index in [4.69, 9.17) is 0 Å². The van der Waals surface area contributed by atoms with Crippen LogP contribution in [0.3, 0.4) is 0 Å². The Hall–Kier alpha value is -1.43. The van der Waals surface area contributed by atoms with Crippen LogP contribution in [0.5, 0.6) is 0 Å². The molecule has 0 amide bonds. The molecule has 2 N–H and O–H groups in total. The molecule has 1 aromatic rings. The van der Waals surface area contributed by atoms with Gasteiger partial charge in [-0.3, -0.25) is 10.1 Å². The second-order valence-corrected chi connectivity index (χ2v) is 10.5. The number of nitrogens with zero attached hydrogens (tertiary/aromatic N) is 2. The van der Waals surface area contributed by atoms with Gasteiger partial charge >= 0.3 is 0 Å². The number of nitrogens with one attached hydrogen (secondary N) is 2. The number of guanidine groups is 1. The maximum absolute atomic E-state index is 11.8. The van der Waals surface area contributed by atoms with Crippen LogP contribution in [-0.2, 0) is 16.4 Å². The van der Waals surface area contributed by atoms with Crippen molar-refractivity contribution >= 4 is 45.5 Å². The van der Waals surface area contributed by atoms with Gasteiger partial charge < -0.3 is 10.6 Å². The van der Waals surface area contributed by atoms with E-state index in [2.05, 4.69) is 15.6 Å². The normalized spacial score (nSPS) is 30.0. The van der Waals surface area contributed by atoms with Gasteiger partial charge in [-0.25, -0.2) is 13.4 Å². The van der Waals surface area contributed by atoms with Gasteiger partial charge in [-0.1, -0.05) is 18.6 Å². The van der Waals surface area contributed by atoms with Crippen LogP contribution >= 0.6 is 24.0 Å². The van der Waals surface area contributed by atoms with Gasteiger partial charge in [0.15, 0.2) is 15.8 Å². The Labute approximate surface area is 188 Å². The minimum Gasteiger partial charge on any atom is -0.353 e. The van der Waals surface area contributed by atoms with E-state index in [0.717, 1.165) is 17.9 Å². The van der Waals surface area contributed by atoms with Crippen molar-refractivity contribution in [2.45, 2.75) is 50.7 Å². The van der Waals surface area contributed by atoms with Crippen molar-refractivity contribution in [2.24, 2.45) is 16.8 Å². The summed E-state index contributed by atoms with van der Waals surface area (Å²) in [6.45, 7) is 0.383. The first-order valence-corrected chi connectivity index (χ1v) is 11.7. The van der Waals surface area contributed by atoms with Crippen molar-refractivity contribution in [2.75, 3.05) is 11.5 Å². The third kappa shape index (κ3) is 5.59. The molecule has 1 saturated heterocycles. The fraction of sp³-hybridized carbons (Fsp3) is 0.632. The predicted octanol–water partition coefficient (Wildman–Crippen LogP) is 2.62. The van der Waals surface area contributed by atoms with E-state index in [-0.39, 0.29) is 47.2 Å². The number of nitro groups is 1. The third-order valence-corrected chi connectivity index (χ3v) is 7.97. The lowest BCUT2D eigenvalue weighted by molar-refractivity contribution is -0.384. The molecule has 2 bridgehead atoms. The van der Waals surface area contributed by atoms with E-state index in [0.29, 0.717) is 30.9 Å². The number of non-ortho nitro benzene ring substituents is 1. The summed E-state index contributed by atoms with van der Waals surface area (Å²) in [4.78, 5) is 15.0. The van der Waals surface area contributed by atoms with Crippen LogP contribution in [-0.4, -0.2) is 42.9 Å². The van der Waals surface area contributed by atoms with E-state index in [1.165, 1.54) is 31.4 Å². The number of aliphatic imine (C=N–C) groups is 1. The lowest BCUT2D eigenvalue weighted by Crippen LogP contribution is -2.49. The van der Waals surface area contributed by atoms with Crippen LogP contribution in [0.4, 0.5) is 5.69 Å². The zero-order valence-corrected chi connectivity index (χ0v) is 19.3. The lowest BCUT2D eigenvalue weighted by Gasteiger charge is -2.26. The monoisotopic (exact) mass is 534 g/mol. The van der Waals surface area contributed by atoms with Gasteiger partial charge in [0.05, 0.1) is 23.0 Å². The first-order chi connectivity index (χ1) is 13.4. The number of fused-ring (bicyclic) bond motifs is 2. The maximum Gasteiger partial charge on any atom is 0.269 e. The summed E-state index contributed by atoms with van der Waals surface area (Å²) >= 11 is 0. The van der Waals surface area contributed by atoms with E-state index in [1.807, 2.05) is 0 Å². The molecule has 10 heteroatoms. The van der Waals surface area contributed by atoms with Gasteiger partial charge in [-0.05, 0) is 43.1 Å². The molecule has 160 valence electrons.